The summed E-state index contributed by atoms with van der Waals surface area (Å²) < 4.78 is 10.5. The number of carbonyl (C=O) groups is 1. The number of methoxy groups -OCH3 is 2. The summed E-state index contributed by atoms with van der Waals surface area (Å²) in [5.74, 6) is 3.40. The number of ether oxygens (including phenoxy) is 2. The van der Waals surface area contributed by atoms with E-state index in [0.29, 0.717) is 22.7 Å². The highest BCUT2D eigenvalue weighted by Gasteiger charge is 2.14. The zero-order valence-electron chi connectivity index (χ0n) is 10.7. The molecule has 1 aromatic heterocycles. The Kier molecular flexibility index (Phi) is 3.62. The van der Waals surface area contributed by atoms with Gasteiger partial charge < -0.3 is 19.8 Å². The molecular weight excluding hydrogens is 244 g/mol. The van der Waals surface area contributed by atoms with Gasteiger partial charge in [0, 0.05) is 5.39 Å². The van der Waals surface area contributed by atoms with Crippen molar-refractivity contribution < 1.29 is 14.3 Å². The molecule has 1 aromatic carbocycles. The van der Waals surface area contributed by atoms with Gasteiger partial charge in [0.25, 0.3) is 5.91 Å². The smallest absolute Gasteiger partial charge is 0.268 e. The molecular formula is C14H14N2O3. The largest absolute Gasteiger partial charge is 0.496 e. The molecule has 0 aliphatic carbocycles. The number of hydrogen-bond donors (Lipinski definition) is 2. The minimum absolute atomic E-state index is 0.183. The van der Waals surface area contributed by atoms with E-state index in [4.69, 9.17) is 15.9 Å². The number of fused-ring (bicyclic) bond motifs is 1. The summed E-state index contributed by atoms with van der Waals surface area (Å²) in [6.45, 7) is 0.183. The first-order chi connectivity index (χ1) is 9.21. The Bertz CT molecular complexity index is 611. The highest BCUT2D eigenvalue weighted by Crippen LogP contribution is 2.33. The number of H-pyrrole nitrogens is 1. The van der Waals surface area contributed by atoms with Gasteiger partial charge in [-0.25, -0.2) is 0 Å². The summed E-state index contributed by atoms with van der Waals surface area (Å²) in [4.78, 5) is 14.9. The molecule has 0 saturated heterocycles. The molecule has 0 saturated carbocycles. The Hall–Kier alpha value is -2.61. The molecule has 1 heterocycles. The average Bonchev–Trinajstić information content (AvgIpc) is 2.88. The lowest BCUT2D eigenvalue weighted by Crippen LogP contribution is -2.23. The van der Waals surface area contributed by atoms with E-state index in [1.165, 1.54) is 0 Å². The van der Waals surface area contributed by atoms with Gasteiger partial charge in [-0.15, -0.1) is 6.42 Å². The lowest BCUT2D eigenvalue weighted by atomic mass is 10.2. The van der Waals surface area contributed by atoms with Crippen LogP contribution in [0.1, 0.15) is 10.5 Å². The number of hydrogen-bond acceptors (Lipinski definition) is 3. The molecule has 2 aromatic rings. The van der Waals surface area contributed by atoms with Gasteiger partial charge in [-0.3, -0.25) is 4.79 Å². The molecule has 0 aliphatic rings. The fourth-order valence-corrected chi connectivity index (χ4v) is 1.86. The molecule has 0 aliphatic heterocycles. The number of rotatable bonds is 4. The molecule has 1 amide bonds. The van der Waals surface area contributed by atoms with Crippen molar-refractivity contribution in [3.05, 3.63) is 23.9 Å². The van der Waals surface area contributed by atoms with Gasteiger partial charge in [-0.2, -0.15) is 0 Å². The van der Waals surface area contributed by atoms with Gasteiger partial charge in [0.05, 0.1) is 26.3 Å². The zero-order chi connectivity index (χ0) is 13.8. The lowest BCUT2D eigenvalue weighted by molar-refractivity contribution is 0.0954. The van der Waals surface area contributed by atoms with Crippen LogP contribution in [0, 0.1) is 12.3 Å². The average molecular weight is 258 g/mol. The standard InChI is InChI=1S/C14H14N2O3/c1-4-7-15-14(17)10-8-9-11(18-2)5-6-12(19-3)13(9)16-10/h1,5-6,8,16H,7H2,2-3H3,(H,15,17). The van der Waals surface area contributed by atoms with Gasteiger partial charge >= 0.3 is 0 Å². The molecule has 5 nitrogen and oxygen atoms in total. The summed E-state index contributed by atoms with van der Waals surface area (Å²) in [7, 11) is 3.15. The summed E-state index contributed by atoms with van der Waals surface area (Å²) in [6.07, 6.45) is 5.11. The van der Waals surface area contributed by atoms with Gasteiger partial charge in [0.2, 0.25) is 0 Å². The number of aromatic nitrogens is 1. The van der Waals surface area contributed by atoms with E-state index in [1.807, 2.05) is 0 Å². The topological polar surface area (TPSA) is 63.4 Å². The van der Waals surface area contributed by atoms with Crippen molar-refractivity contribution in [1.82, 2.24) is 10.3 Å². The van der Waals surface area contributed by atoms with Crippen LogP contribution in [0.5, 0.6) is 11.5 Å². The van der Waals surface area contributed by atoms with E-state index in [0.717, 1.165) is 5.39 Å². The van der Waals surface area contributed by atoms with Crippen LogP contribution in [0.2, 0.25) is 0 Å². The van der Waals surface area contributed by atoms with Crippen LogP contribution in [0.25, 0.3) is 10.9 Å². The van der Waals surface area contributed by atoms with Crippen LogP contribution in [0.4, 0.5) is 0 Å². The van der Waals surface area contributed by atoms with E-state index in [1.54, 1.807) is 32.4 Å². The van der Waals surface area contributed by atoms with Gasteiger partial charge in [0.1, 0.15) is 17.2 Å². The van der Waals surface area contributed by atoms with Crippen molar-refractivity contribution in [2.24, 2.45) is 0 Å². The van der Waals surface area contributed by atoms with Crippen LogP contribution in [-0.4, -0.2) is 31.7 Å². The van der Waals surface area contributed by atoms with Crippen molar-refractivity contribution in [3.8, 4) is 23.8 Å². The first-order valence-electron chi connectivity index (χ1n) is 5.66. The quantitative estimate of drug-likeness (QED) is 0.818. The van der Waals surface area contributed by atoms with E-state index < -0.39 is 0 Å². The minimum Gasteiger partial charge on any atom is -0.496 e. The normalized spacial score (nSPS) is 9.95. The predicted molar refractivity (Wildman–Crippen MR) is 72.6 cm³/mol. The minimum atomic E-state index is -0.266. The van der Waals surface area contributed by atoms with E-state index in [-0.39, 0.29) is 12.5 Å². The molecule has 2 rings (SSSR count). The summed E-state index contributed by atoms with van der Waals surface area (Å²) in [6, 6.07) is 5.28. The highest BCUT2D eigenvalue weighted by molar-refractivity contribution is 6.01. The molecule has 0 atom stereocenters. The Morgan fingerprint density at radius 1 is 1.37 bits per heavy atom. The second kappa shape index (κ2) is 5.36. The first kappa shape index (κ1) is 12.8. The Morgan fingerprint density at radius 3 is 2.68 bits per heavy atom. The number of carbonyl (C=O) groups excluding carboxylic acids is 1. The van der Waals surface area contributed by atoms with Crippen molar-refractivity contribution in [1.29, 1.82) is 0 Å². The van der Waals surface area contributed by atoms with E-state index in [9.17, 15) is 4.79 Å². The molecule has 5 heteroatoms. The fourth-order valence-electron chi connectivity index (χ4n) is 1.86. The van der Waals surface area contributed by atoms with Crippen LogP contribution >= 0.6 is 0 Å². The zero-order valence-corrected chi connectivity index (χ0v) is 10.7. The van der Waals surface area contributed by atoms with Crippen LogP contribution in [-0.2, 0) is 0 Å². The third-order valence-electron chi connectivity index (χ3n) is 2.75. The second-order valence-corrected chi connectivity index (χ2v) is 3.83. The maximum Gasteiger partial charge on any atom is 0.268 e. The monoisotopic (exact) mass is 258 g/mol. The molecule has 0 radical (unpaired) electrons. The number of benzene rings is 1. The van der Waals surface area contributed by atoms with Crippen molar-refractivity contribution in [2.75, 3.05) is 20.8 Å². The third kappa shape index (κ3) is 2.33. The Morgan fingerprint density at radius 2 is 2.05 bits per heavy atom. The Balaban J connectivity index is 2.49. The molecule has 0 bridgehead atoms. The van der Waals surface area contributed by atoms with Gasteiger partial charge in [0.15, 0.2) is 0 Å². The molecule has 19 heavy (non-hydrogen) atoms. The molecule has 0 unspecified atom stereocenters. The summed E-state index contributed by atoms with van der Waals surface area (Å²) in [5.41, 5.74) is 1.13. The Labute approximate surface area is 110 Å². The molecule has 98 valence electrons. The fraction of sp³-hybridized carbons (Fsp3) is 0.214. The summed E-state index contributed by atoms with van der Waals surface area (Å²) >= 11 is 0. The van der Waals surface area contributed by atoms with E-state index >= 15 is 0 Å². The van der Waals surface area contributed by atoms with E-state index in [2.05, 4.69) is 16.2 Å². The molecule has 0 spiro atoms. The van der Waals surface area contributed by atoms with Crippen LogP contribution in [0.3, 0.4) is 0 Å². The molecule has 2 N–H and O–H groups in total. The third-order valence-corrected chi connectivity index (χ3v) is 2.75. The number of terminal acetylenes is 1. The SMILES string of the molecule is C#CCNC(=O)c1cc2c(OC)ccc(OC)c2[nH]1. The molecule has 0 fully saturated rings. The van der Waals surface area contributed by atoms with Crippen LogP contribution in [0.15, 0.2) is 18.2 Å². The lowest BCUT2D eigenvalue weighted by Gasteiger charge is -2.05. The van der Waals surface area contributed by atoms with Crippen LogP contribution < -0.4 is 14.8 Å². The number of aromatic amines is 1. The van der Waals surface area contributed by atoms with Crippen molar-refractivity contribution >= 4 is 16.8 Å². The second-order valence-electron chi connectivity index (χ2n) is 3.83. The maximum atomic E-state index is 11.9. The highest BCUT2D eigenvalue weighted by atomic mass is 16.5. The number of amides is 1. The maximum absolute atomic E-state index is 11.9. The van der Waals surface area contributed by atoms with Gasteiger partial charge in [-0.05, 0) is 18.2 Å². The summed E-state index contributed by atoms with van der Waals surface area (Å²) in [5, 5.41) is 3.38. The number of nitrogens with one attached hydrogen (secondary N) is 2. The van der Waals surface area contributed by atoms with Crippen molar-refractivity contribution in [3.63, 3.8) is 0 Å². The van der Waals surface area contributed by atoms with Gasteiger partial charge in [-0.1, -0.05) is 5.92 Å². The predicted octanol–water partition coefficient (Wildman–Crippen LogP) is 1.55. The first-order valence-corrected chi connectivity index (χ1v) is 5.66. The van der Waals surface area contributed by atoms with Crippen molar-refractivity contribution in [2.45, 2.75) is 0 Å².